The Labute approximate surface area is 133 Å². The van der Waals surface area contributed by atoms with Crippen LogP contribution in [0.3, 0.4) is 0 Å². The number of ether oxygens (including phenoxy) is 1. The fraction of sp³-hybridized carbons (Fsp3) is 0.562. The zero-order valence-electron chi connectivity index (χ0n) is 12.2. The first-order chi connectivity index (χ1) is 10.2. The molecule has 1 unspecified atom stereocenters. The topological polar surface area (TPSA) is 50.4 Å². The molecule has 1 aromatic carbocycles. The van der Waals surface area contributed by atoms with Gasteiger partial charge in [-0.1, -0.05) is 19.8 Å². The molecule has 2 N–H and O–H groups in total. The monoisotopic (exact) mass is 352 g/mol. The second kappa shape index (κ2) is 6.36. The van der Waals surface area contributed by atoms with Gasteiger partial charge in [0.15, 0.2) is 0 Å². The van der Waals surface area contributed by atoms with Gasteiger partial charge in [-0.25, -0.2) is 0 Å². The number of fused-ring (bicyclic) bond motifs is 1. The molecule has 0 bridgehead atoms. The van der Waals surface area contributed by atoms with Crippen LogP contribution in [0.1, 0.15) is 44.2 Å². The number of nitrogens with one attached hydrogen (secondary N) is 2. The molecule has 0 aromatic heterocycles. The summed E-state index contributed by atoms with van der Waals surface area (Å²) in [5, 5.41) is 6.13. The molecule has 5 heteroatoms. The quantitative estimate of drug-likeness (QED) is 0.850. The lowest BCUT2D eigenvalue weighted by Crippen LogP contribution is -2.27. The van der Waals surface area contributed by atoms with E-state index in [1.54, 1.807) is 0 Å². The van der Waals surface area contributed by atoms with Crippen molar-refractivity contribution in [2.24, 2.45) is 5.92 Å². The number of benzene rings is 1. The number of carbonyl (C=O) groups excluding carboxylic acids is 1. The van der Waals surface area contributed by atoms with Crippen molar-refractivity contribution in [1.29, 1.82) is 0 Å². The Kier molecular flexibility index (Phi) is 4.50. The lowest BCUT2D eigenvalue weighted by atomic mass is 10.1. The van der Waals surface area contributed by atoms with Gasteiger partial charge in [0.1, 0.15) is 11.8 Å². The van der Waals surface area contributed by atoms with E-state index in [1.807, 2.05) is 19.1 Å². The van der Waals surface area contributed by atoms with Crippen molar-refractivity contribution < 1.29 is 9.53 Å². The SMILES string of the molecule is CCNC1C(=O)Nc2cc(OCC3CCCC3)c(Br)cc21. The Morgan fingerprint density at radius 2 is 2.14 bits per heavy atom. The van der Waals surface area contributed by atoms with E-state index < -0.39 is 0 Å². The Hall–Kier alpha value is -1.07. The Morgan fingerprint density at radius 3 is 2.86 bits per heavy atom. The number of rotatable bonds is 5. The summed E-state index contributed by atoms with van der Waals surface area (Å²) < 4.78 is 6.87. The van der Waals surface area contributed by atoms with Gasteiger partial charge in [-0.2, -0.15) is 0 Å². The van der Waals surface area contributed by atoms with E-state index in [1.165, 1.54) is 25.7 Å². The van der Waals surface area contributed by atoms with Gasteiger partial charge in [0.25, 0.3) is 0 Å². The predicted molar refractivity (Wildman–Crippen MR) is 86.6 cm³/mol. The van der Waals surface area contributed by atoms with Gasteiger partial charge in [-0.05, 0) is 47.3 Å². The number of carbonyl (C=O) groups is 1. The number of halogens is 1. The van der Waals surface area contributed by atoms with E-state index in [9.17, 15) is 4.79 Å². The normalized spacial score (nSPS) is 21.4. The highest BCUT2D eigenvalue weighted by molar-refractivity contribution is 9.10. The number of hydrogen-bond acceptors (Lipinski definition) is 3. The fourth-order valence-electron chi connectivity index (χ4n) is 3.16. The maximum Gasteiger partial charge on any atom is 0.246 e. The van der Waals surface area contributed by atoms with Crippen molar-refractivity contribution in [2.75, 3.05) is 18.5 Å². The molecule has 21 heavy (non-hydrogen) atoms. The summed E-state index contributed by atoms with van der Waals surface area (Å²) in [6, 6.07) is 3.67. The summed E-state index contributed by atoms with van der Waals surface area (Å²) in [6.45, 7) is 3.52. The first kappa shape index (κ1) is 14.9. The fourth-order valence-corrected chi connectivity index (χ4v) is 3.64. The van der Waals surface area contributed by atoms with Gasteiger partial charge in [0.2, 0.25) is 5.91 Å². The third kappa shape index (κ3) is 3.09. The van der Waals surface area contributed by atoms with Crippen LogP contribution in [-0.2, 0) is 4.79 Å². The van der Waals surface area contributed by atoms with Gasteiger partial charge in [0.05, 0.1) is 11.1 Å². The third-order valence-electron chi connectivity index (χ3n) is 4.29. The number of likely N-dealkylation sites (N-methyl/N-ethyl adjacent to an activating group) is 1. The van der Waals surface area contributed by atoms with E-state index >= 15 is 0 Å². The molecular formula is C16H21BrN2O2. The zero-order chi connectivity index (χ0) is 14.8. The van der Waals surface area contributed by atoms with Crippen LogP contribution in [0.5, 0.6) is 5.75 Å². The van der Waals surface area contributed by atoms with Gasteiger partial charge in [-0.3, -0.25) is 4.79 Å². The van der Waals surface area contributed by atoms with Crippen LogP contribution in [-0.4, -0.2) is 19.1 Å². The minimum atomic E-state index is -0.259. The van der Waals surface area contributed by atoms with Crippen molar-refractivity contribution in [3.05, 3.63) is 22.2 Å². The predicted octanol–water partition coefficient (Wildman–Crippen LogP) is 3.62. The molecule has 1 aromatic rings. The molecule has 0 radical (unpaired) electrons. The highest BCUT2D eigenvalue weighted by Crippen LogP contribution is 2.39. The maximum absolute atomic E-state index is 12.0. The lowest BCUT2D eigenvalue weighted by molar-refractivity contribution is -0.117. The molecule has 114 valence electrons. The van der Waals surface area contributed by atoms with Crippen LogP contribution < -0.4 is 15.4 Å². The standard InChI is InChI=1S/C16H21BrN2O2/c1-2-18-15-11-7-12(17)14(8-13(11)19-16(15)20)21-9-10-5-3-4-6-10/h7-8,10,15,18H,2-6,9H2,1H3,(H,19,20). The smallest absolute Gasteiger partial charge is 0.246 e. The first-order valence-corrected chi connectivity index (χ1v) is 8.49. The maximum atomic E-state index is 12.0. The van der Waals surface area contributed by atoms with Crippen LogP contribution in [0, 0.1) is 5.92 Å². The molecule has 1 amide bonds. The highest BCUT2D eigenvalue weighted by Gasteiger charge is 2.31. The molecular weight excluding hydrogens is 332 g/mol. The van der Waals surface area contributed by atoms with Crippen molar-refractivity contribution >= 4 is 27.5 Å². The van der Waals surface area contributed by atoms with Crippen molar-refractivity contribution in [3.8, 4) is 5.75 Å². The van der Waals surface area contributed by atoms with E-state index in [0.717, 1.165) is 34.6 Å². The Bertz CT molecular complexity index is 541. The molecule has 0 spiro atoms. The number of anilines is 1. The second-order valence-electron chi connectivity index (χ2n) is 5.81. The Balaban J connectivity index is 1.75. The van der Waals surface area contributed by atoms with Crippen LogP contribution in [0.15, 0.2) is 16.6 Å². The van der Waals surface area contributed by atoms with Crippen LogP contribution in [0.4, 0.5) is 5.69 Å². The van der Waals surface area contributed by atoms with Crippen molar-refractivity contribution in [2.45, 2.75) is 38.6 Å². The van der Waals surface area contributed by atoms with Gasteiger partial charge < -0.3 is 15.4 Å². The molecule has 0 saturated heterocycles. The molecule has 1 aliphatic heterocycles. The Morgan fingerprint density at radius 1 is 1.38 bits per heavy atom. The molecule has 4 nitrogen and oxygen atoms in total. The van der Waals surface area contributed by atoms with Gasteiger partial charge in [0, 0.05) is 17.3 Å². The average molecular weight is 353 g/mol. The van der Waals surface area contributed by atoms with Crippen LogP contribution >= 0.6 is 15.9 Å². The van der Waals surface area contributed by atoms with Crippen LogP contribution in [0.2, 0.25) is 0 Å². The summed E-state index contributed by atoms with van der Waals surface area (Å²) in [7, 11) is 0. The summed E-state index contributed by atoms with van der Waals surface area (Å²) in [5.41, 5.74) is 1.84. The van der Waals surface area contributed by atoms with Crippen LogP contribution in [0.25, 0.3) is 0 Å². The third-order valence-corrected chi connectivity index (χ3v) is 4.91. The number of hydrogen-bond donors (Lipinski definition) is 2. The average Bonchev–Trinajstić information content (AvgIpc) is 3.07. The zero-order valence-corrected chi connectivity index (χ0v) is 13.8. The summed E-state index contributed by atoms with van der Waals surface area (Å²) in [4.78, 5) is 12.0. The summed E-state index contributed by atoms with van der Waals surface area (Å²) in [5.74, 6) is 1.50. The van der Waals surface area contributed by atoms with Crippen molar-refractivity contribution in [3.63, 3.8) is 0 Å². The van der Waals surface area contributed by atoms with Crippen molar-refractivity contribution in [1.82, 2.24) is 5.32 Å². The summed E-state index contributed by atoms with van der Waals surface area (Å²) in [6.07, 6.45) is 5.17. The largest absolute Gasteiger partial charge is 0.492 e. The van der Waals surface area contributed by atoms with Gasteiger partial charge >= 0.3 is 0 Å². The second-order valence-corrected chi connectivity index (χ2v) is 6.67. The highest BCUT2D eigenvalue weighted by atomic mass is 79.9. The molecule has 1 fully saturated rings. The molecule has 3 rings (SSSR count). The van der Waals surface area contributed by atoms with Gasteiger partial charge in [-0.15, -0.1) is 0 Å². The summed E-state index contributed by atoms with van der Waals surface area (Å²) >= 11 is 3.57. The minimum Gasteiger partial charge on any atom is -0.492 e. The van der Waals surface area contributed by atoms with E-state index in [2.05, 4.69) is 26.6 Å². The van der Waals surface area contributed by atoms with E-state index in [-0.39, 0.29) is 11.9 Å². The molecule has 1 atom stereocenters. The van der Waals surface area contributed by atoms with E-state index in [0.29, 0.717) is 5.92 Å². The van der Waals surface area contributed by atoms with E-state index in [4.69, 9.17) is 4.74 Å². The molecule has 1 heterocycles. The lowest BCUT2D eigenvalue weighted by Gasteiger charge is -2.15. The minimum absolute atomic E-state index is 0.00620. The molecule has 1 aliphatic carbocycles. The molecule has 1 saturated carbocycles. The molecule has 2 aliphatic rings. The number of amides is 1. The first-order valence-electron chi connectivity index (χ1n) is 7.69.